The lowest BCUT2D eigenvalue weighted by molar-refractivity contribution is -0.118. The highest BCUT2D eigenvalue weighted by atomic mass is 31.0. The molecule has 2 aromatic carbocycles. The van der Waals surface area contributed by atoms with Gasteiger partial charge in [0, 0.05) is 92.8 Å². The highest BCUT2D eigenvalue weighted by Gasteiger charge is 2.48. The third kappa shape index (κ3) is 7.99. The number of hydrogen-bond donors (Lipinski definition) is 2. The number of aromatic nitrogens is 3. The topological polar surface area (TPSA) is 166 Å². The van der Waals surface area contributed by atoms with Crippen LogP contribution in [0.1, 0.15) is 96.1 Å². The number of aliphatic imine (C=N–C) groups is 1. The molecule has 4 unspecified atom stereocenters. The second-order valence-electron chi connectivity index (χ2n) is 17.8. The first-order valence-electron chi connectivity index (χ1n) is 21.2. The van der Waals surface area contributed by atoms with Crippen LogP contribution in [0.15, 0.2) is 52.1 Å². The lowest BCUT2D eigenvalue weighted by atomic mass is 9.64. The molecule has 3 N–H and O–H groups in total. The molecular formula is C44H55N10O4P. The van der Waals surface area contributed by atoms with E-state index in [-0.39, 0.29) is 17.5 Å². The Hall–Kier alpha value is -4.78. The molecule has 4 aromatic rings. The van der Waals surface area contributed by atoms with Gasteiger partial charge in [-0.25, -0.2) is 15.0 Å². The van der Waals surface area contributed by atoms with E-state index in [0.29, 0.717) is 48.0 Å². The smallest absolute Gasteiger partial charge is 0.271 e. The fraction of sp³-hybridized carbons (Fsp3) is 0.523. The Kier molecular flexibility index (Phi) is 11.0. The maximum Gasteiger partial charge on any atom is 0.271 e. The molecule has 0 radical (unpaired) electrons. The summed E-state index contributed by atoms with van der Waals surface area (Å²) in [5, 5.41) is 8.93. The molecule has 9 rings (SSSR count). The zero-order chi connectivity index (χ0) is 40.8. The lowest BCUT2D eigenvalue weighted by Crippen LogP contribution is -2.61. The summed E-state index contributed by atoms with van der Waals surface area (Å²) >= 11 is 0. The van der Waals surface area contributed by atoms with Crippen LogP contribution in [0, 0.1) is 5.41 Å². The van der Waals surface area contributed by atoms with Crippen molar-refractivity contribution in [1.29, 1.82) is 0 Å². The largest absolute Gasteiger partial charge is 0.364 e. The zero-order valence-corrected chi connectivity index (χ0v) is 35.3. The van der Waals surface area contributed by atoms with Gasteiger partial charge in [0.1, 0.15) is 11.5 Å². The molecule has 2 saturated heterocycles. The summed E-state index contributed by atoms with van der Waals surface area (Å²) in [6.07, 6.45) is 12.6. The monoisotopic (exact) mass is 818 g/mol. The lowest BCUT2D eigenvalue weighted by Gasteiger charge is -2.56. The number of primary amides is 1. The minimum absolute atomic E-state index is 0.00527. The summed E-state index contributed by atoms with van der Waals surface area (Å²) in [7, 11) is 6.53. The highest BCUT2D eigenvalue weighted by molar-refractivity contribution is 7.41. The van der Waals surface area contributed by atoms with Crippen molar-refractivity contribution < 1.29 is 18.9 Å². The zero-order valence-electron chi connectivity index (χ0n) is 34.1. The fourth-order valence-corrected chi connectivity index (χ4v) is 10.8. The average molecular weight is 819 g/mol. The minimum atomic E-state index is -0.622. The van der Waals surface area contributed by atoms with Crippen LogP contribution in [0.4, 0.5) is 17.3 Å². The first-order valence-corrected chi connectivity index (χ1v) is 21.8. The van der Waals surface area contributed by atoms with Crippen LogP contribution in [0.25, 0.3) is 11.0 Å². The number of carbonyl (C=O) groups excluding carboxylic acids is 3. The van der Waals surface area contributed by atoms with E-state index in [1.807, 2.05) is 0 Å². The molecule has 1 spiro atoms. The Labute approximate surface area is 347 Å². The Morgan fingerprint density at radius 3 is 2.61 bits per heavy atom. The summed E-state index contributed by atoms with van der Waals surface area (Å²) < 4.78 is 6.01. The van der Waals surface area contributed by atoms with E-state index in [4.69, 9.17) is 15.2 Å². The predicted molar refractivity (Wildman–Crippen MR) is 231 cm³/mol. The average Bonchev–Trinajstić information content (AvgIpc) is 3.87. The predicted octanol–water partition coefficient (Wildman–Crippen LogP) is 5.25. The first-order chi connectivity index (χ1) is 28.6. The summed E-state index contributed by atoms with van der Waals surface area (Å²) in [5.41, 5.74) is 13.7. The molecule has 4 atom stereocenters. The molecule has 2 aliphatic carbocycles. The van der Waals surface area contributed by atoms with Crippen LogP contribution >= 0.6 is 9.24 Å². The molecule has 310 valence electrons. The molecule has 3 amide bonds. The minimum Gasteiger partial charge on any atom is -0.364 e. The van der Waals surface area contributed by atoms with Gasteiger partial charge in [0.15, 0.2) is 17.1 Å². The first kappa shape index (κ1) is 39.7. The Bertz CT molecular complexity index is 2260. The van der Waals surface area contributed by atoms with Crippen LogP contribution in [-0.2, 0) is 22.4 Å². The molecule has 5 aliphatic rings. The van der Waals surface area contributed by atoms with Gasteiger partial charge in [-0.2, -0.15) is 0 Å². The van der Waals surface area contributed by atoms with Gasteiger partial charge in [0.25, 0.3) is 5.91 Å². The Balaban J connectivity index is 0.787. The maximum absolute atomic E-state index is 12.4. The van der Waals surface area contributed by atoms with E-state index in [9.17, 15) is 14.4 Å². The van der Waals surface area contributed by atoms with Gasteiger partial charge in [0.2, 0.25) is 12.3 Å². The number of nitrogens with one attached hydrogen (secondary N) is 1. The van der Waals surface area contributed by atoms with Crippen LogP contribution < -0.4 is 16.0 Å². The van der Waals surface area contributed by atoms with Crippen molar-refractivity contribution in [1.82, 2.24) is 29.8 Å². The number of piperidine rings is 1. The van der Waals surface area contributed by atoms with Crippen molar-refractivity contribution in [2.24, 2.45) is 16.1 Å². The van der Waals surface area contributed by atoms with E-state index >= 15 is 0 Å². The number of amides is 3. The van der Waals surface area contributed by atoms with E-state index < -0.39 is 5.91 Å². The van der Waals surface area contributed by atoms with Gasteiger partial charge < -0.3 is 25.4 Å². The van der Waals surface area contributed by atoms with Gasteiger partial charge >= 0.3 is 0 Å². The molecule has 14 nitrogen and oxygen atoms in total. The van der Waals surface area contributed by atoms with Crippen molar-refractivity contribution in [2.75, 3.05) is 63.6 Å². The number of rotatable bonds is 12. The standard InChI is InChI=1S/C44H55N10O4P/c1-51(26-55)18-19-52(2)31-4-3-17-53(23-31)36-22-46-39(41(45)57)42(48-36)47-30-8-5-27(6-9-30)28-13-15-44(16-14-28)24-54(25-44)32-20-29-7-10-33-38(50-58-40(33)35(29)21-32)34-11-12-37(56)49-43(34)59/h5-10,22,26,28,31-32,34H,3-4,11-21,23-25,59H2,1-2H3,(H2,45,57)(H,47,48). The summed E-state index contributed by atoms with van der Waals surface area (Å²) in [5.74, 6) is 0.918. The molecule has 2 aromatic heterocycles. The van der Waals surface area contributed by atoms with Gasteiger partial charge in [0.05, 0.1) is 6.20 Å². The van der Waals surface area contributed by atoms with Crippen molar-refractivity contribution in [3.63, 3.8) is 0 Å². The van der Waals surface area contributed by atoms with E-state index in [2.05, 4.69) is 87.8 Å². The molecule has 59 heavy (non-hydrogen) atoms. The maximum atomic E-state index is 12.4. The van der Waals surface area contributed by atoms with Gasteiger partial charge in [-0.05, 0) is 105 Å². The van der Waals surface area contributed by atoms with E-state index in [1.54, 1.807) is 18.1 Å². The fourth-order valence-electron chi connectivity index (χ4n) is 10.4. The van der Waals surface area contributed by atoms with Gasteiger partial charge in [-0.15, -0.1) is 0 Å². The molecule has 1 saturated carbocycles. The highest BCUT2D eigenvalue weighted by Crippen LogP contribution is 2.50. The third-order valence-electron chi connectivity index (χ3n) is 14.0. The number of nitrogens with two attached hydrogens (primary N) is 1. The molecule has 15 heteroatoms. The number of fused-ring (bicyclic) bond motifs is 3. The number of likely N-dealkylation sites (N-methyl/N-ethyl adjacent to an activating group) is 2. The summed E-state index contributed by atoms with van der Waals surface area (Å²) in [4.78, 5) is 57.7. The number of carbonyl (C=O) groups is 3. The SMILES string of the molecule is CN(C=O)CCN(C)C1CCCN(c2cnc(C(N)=O)c(Nc3ccc(C4CCC5(CC4)CN(C4Cc6ccc7c(C8CCC(=O)N=C8P)noc7c6C4)C5)cc3)n2)C1. The second kappa shape index (κ2) is 16.3. The second-order valence-corrected chi connectivity index (χ2v) is 18.3. The van der Waals surface area contributed by atoms with Crippen molar-refractivity contribution in [3.8, 4) is 0 Å². The van der Waals surface area contributed by atoms with Crippen LogP contribution in [0.3, 0.4) is 0 Å². The quantitative estimate of drug-likeness (QED) is 0.142. The van der Waals surface area contributed by atoms with Gasteiger partial charge in [-0.3, -0.25) is 24.2 Å². The van der Waals surface area contributed by atoms with Crippen molar-refractivity contribution >= 4 is 61.2 Å². The van der Waals surface area contributed by atoms with Crippen molar-refractivity contribution in [3.05, 3.63) is 70.7 Å². The van der Waals surface area contributed by atoms with Crippen molar-refractivity contribution in [2.45, 2.75) is 88.1 Å². The number of nitrogens with zero attached hydrogens (tertiary/aromatic N) is 8. The van der Waals surface area contributed by atoms with E-state index in [0.717, 1.165) is 99.0 Å². The Morgan fingerprint density at radius 1 is 1.07 bits per heavy atom. The van der Waals surface area contributed by atoms with Crippen LogP contribution in [0.5, 0.6) is 0 Å². The van der Waals surface area contributed by atoms with E-state index in [1.165, 1.54) is 42.4 Å². The molecule has 3 fully saturated rings. The molecular weight excluding hydrogens is 764 g/mol. The number of benzene rings is 2. The molecule has 3 aliphatic heterocycles. The number of likely N-dealkylation sites (tertiary alicyclic amines) is 1. The third-order valence-corrected chi connectivity index (χ3v) is 14.5. The number of hydrogen-bond acceptors (Lipinski definition) is 11. The van der Waals surface area contributed by atoms with Gasteiger partial charge in [-0.1, -0.05) is 32.6 Å². The molecule has 0 bridgehead atoms. The number of anilines is 3. The summed E-state index contributed by atoms with van der Waals surface area (Å²) in [6.45, 7) is 5.41. The Morgan fingerprint density at radius 2 is 1.86 bits per heavy atom. The van der Waals surface area contributed by atoms with Crippen LogP contribution in [-0.4, -0.2) is 119 Å². The summed E-state index contributed by atoms with van der Waals surface area (Å²) in [6, 6.07) is 13.8. The normalized spacial score (nSPS) is 23.3. The molecule has 5 heterocycles. The van der Waals surface area contributed by atoms with Crippen LogP contribution in [0.2, 0.25) is 0 Å².